The number of esters is 3. The lowest BCUT2D eigenvalue weighted by Crippen LogP contribution is -2.45. The quantitative estimate of drug-likeness (QED) is 0.231. The van der Waals surface area contributed by atoms with Gasteiger partial charge in [-0.1, -0.05) is 40.5 Å². The Morgan fingerprint density at radius 2 is 1.72 bits per heavy atom. The van der Waals surface area contributed by atoms with Gasteiger partial charge in [0, 0.05) is 0 Å². The molecule has 1 aliphatic heterocycles. The van der Waals surface area contributed by atoms with E-state index in [1.54, 1.807) is 18.4 Å². The average molecular weight is 551 g/mol. The fourth-order valence-corrected chi connectivity index (χ4v) is 3.95. The Morgan fingerprint density at radius 1 is 1.05 bits per heavy atom. The third-order valence-corrected chi connectivity index (χ3v) is 7.13. The molecule has 0 spiro atoms. The highest BCUT2D eigenvalue weighted by Gasteiger charge is 2.34. The number of aromatic nitrogens is 4. The molecular weight excluding hydrogens is 512 g/mol. The van der Waals surface area contributed by atoms with Crippen molar-refractivity contribution in [2.24, 2.45) is 23.3 Å². The minimum Gasteiger partial charge on any atom is -0.460 e. The molecule has 1 aliphatic rings. The molecule has 216 valence electrons. The molecule has 3 heterocycles. The van der Waals surface area contributed by atoms with Crippen LogP contribution in [0.5, 0.6) is 0 Å². The Bertz CT molecular complexity index is 1200. The maximum Gasteiger partial charge on any atom is 0.351 e. The van der Waals surface area contributed by atoms with E-state index in [1.165, 1.54) is 12.7 Å². The van der Waals surface area contributed by atoms with Crippen LogP contribution >= 0.6 is 0 Å². The molecule has 2 aromatic heterocycles. The summed E-state index contributed by atoms with van der Waals surface area (Å²) in [5, 5.41) is 0. The van der Waals surface area contributed by atoms with E-state index in [2.05, 4.69) is 15.0 Å². The maximum absolute atomic E-state index is 12.9. The fourth-order valence-electron chi connectivity index (χ4n) is 3.95. The summed E-state index contributed by atoms with van der Waals surface area (Å²) in [6.45, 7) is 6.65. The van der Waals surface area contributed by atoms with Gasteiger partial charge in [0.15, 0.2) is 11.2 Å². The van der Waals surface area contributed by atoms with Crippen LogP contribution in [-0.2, 0) is 33.3 Å². The largest absolute Gasteiger partial charge is 0.460 e. The van der Waals surface area contributed by atoms with Crippen molar-refractivity contribution in [3.8, 4) is 0 Å². The van der Waals surface area contributed by atoms with Crippen LogP contribution < -0.4 is 17.0 Å². The highest BCUT2D eigenvalue weighted by atomic mass is 16.6. The molecule has 0 amide bonds. The molecule has 2 aromatic rings. The van der Waals surface area contributed by atoms with Crippen molar-refractivity contribution in [1.29, 1.82) is 0 Å². The highest BCUT2D eigenvalue weighted by molar-refractivity contribution is 5.82. The van der Waals surface area contributed by atoms with Crippen LogP contribution in [0.4, 0.5) is 0 Å². The lowest BCUT2D eigenvalue weighted by Gasteiger charge is -2.23. The minimum absolute atomic E-state index is 0.137. The minimum atomic E-state index is -1.52. The van der Waals surface area contributed by atoms with E-state index in [9.17, 15) is 19.2 Å². The molecule has 39 heavy (non-hydrogen) atoms. The molecule has 0 bridgehead atoms. The molecule has 14 heteroatoms. The molecule has 5 N–H and O–H groups in total. The summed E-state index contributed by atoms with van der Waals surface area (Å²) in [6.07, 6.45) is 2.70. The molecule has 0 unspecified atom stereocenters. The van der Waals surface area contributed by atoms with E-state index in [-0.39, 0.29) is 29.5 Å². The van der Waals surface area contributed by atoms with Crippen LogP contribution in [0.3, 0.4) is 0 Å². The molecular formula is C25H38N6O8. The first-order valence-corrected chi connectivity index (χ1v) is 13.2. The second-order valence-electron chi connectivity index (χ2n) is 9.85. The molecule has 1 saturated heterocycles. The van der Waals surface area contributed by atoms with Gasteiger partial charge in [-0.25, -0.2) is 14.8 Å². The van der Waals surface area contributed by atoms with E-state index in [0.717, 1.165) is 0 Å². The predicted octanol–water partition coefficient (Wildman–Crippen LogP) is 0.542. The predicted molar refractivity (Wildman–Crippen MR) is 138 cm³/mol. The Morgan fingerprint density at radius 3 is 2.38 bits per heavy atom. The second-order valence-corrected chi connectivity index (χ2v) is 9.85. The number of aromatic amines is 1. The fraction of sp³-hybridized carbons (Fsp3) is 0.680. The van der Waals surface area contributed by atoms with E-state index in [4.69, 9.17) is 30.4 Å². The van der Waals surface area contributed by atoms with Crippen molar-refractivity contribution < 1.29 is 33.3 Å². The number of fused-ring (bicyclic) bond motifs is 1. The van der Waals surface area contributed by atoms with Gasteiger partial charge in [-0.3, -0.25) is 19.0 Å². The van der Waals surface area contributed by atoms with Crippen LogP contribution in [-0.4, -0.2) is 74.9 Å². The number of hydrogen-bond donors (Lipinski definition) is 3. The number of carbonyl (C=O) groups excluding carboxylic acids is 3. The van der Waals surface area contributed by atoms with Crippen molar-refractivity contribution in [2.75, 3.05) is 13.2 Å². The van der Waals surface area contributed by atoms with Gasteiger partial charge in [-0.05, 0) is 24.7 Å². The smallest absolute Gasteiger partial charge is 0.351 e. The molecule has 0 aromatic carbocycles. The van der Waals surface area contributed by atoms with Crippen LogP contribution in [0, 0.1) is 11.8 Å². The second kappa shape index (κ2) is 13.6. The number of nitrogens with zero attached hydrogens (tertiary/aromatic N) is 3. The summed E-state index contributed by atoms with van der Waals surface area (Å²) >= 11 is 0. The molecule has 0 radical (unpaired) electrons. The summed E-state index contributed by atoms with van der Waals surface area (Å²) < 4.78 is 23.5. The number of rotatable bonds is 13. The van der Waals surface area contributed by atoms with Crippen molar-refractivity contribution in [3.63, 3.8) is 0 Å². The summed E-state index contributed by atoms with van der Waals surface area (Å²) in [5.74, 6) is -2.76. The summed E-state index contributed by atoms with van der Waals surface area (Å²) in [5.41, 5.74) is 12.1. The number of nitrogens with two attached hydrogens (primary N) is 2. The Balaban J connectivity index is 1.61. The number of ether oxygens (including phenoxy) is 4. The number of carbonyl (C=O) groups is 3. The van der Waals surface area contributed by atoms with Gasteiger partial charge in [-0.15, -0.1) is 0 Å². The van der Waals surface area contributed by atoms with Crippen molar-refractivity contribution in [2.45, 2.75) is 83.9 Å². The summed E-state index contributed by atoms with van der Waals surface area (Å²) in [4.78, 5) is 60.5. The molecule has 7 atom stereocenters. The van der Waals surface area contributed by atoms with Crippen LogP contribution in [0.15, 0.2) is 17.4 Å². The molecule has 3 rings (SSSR count). The maximum atomic E-state index is 12.9. The van der Waals surface area contributed by atoms with Gasteiger partial charge in [0.25, 0.3) is 5.56 Å². The number of H-pyrrole nitrogens is 1. The van der Waals surface area contributed by atoms with Crippen LogP contribution in [0.25, 0.3) is 11.2 Å². The van der Waals surface area contributed by atoms with E-state index in [1.807, 2.05) is 13.8 Å². The monoisotopic (exact) mass is 550 g/mol. The third kappa shape index (κ3) is 7.40. The van der Waals surface area contributed by atoms with E-state index < -0.39 is 55.0 Å². The zero-order valence-corrected chi connectivity index (χ0v) is 22.7. The topological polar surface area (TPSA) is 204 Å². The van der Waals surface area contributed by atoms with Gasteiger partial charge in [-0.2, -0.15) is 0 Å². The van der Waals surface area contributed by atoms with Gasteiger partial charge in [0.2, 0.25) is 6.10 Å². The van der Waals surface area contributed by atoms with Gasteiger partial charge in [0.1, 0.15) is 31.5 Å². The number of nitrogens with one attached hydrogen (secondary N) is 1. The van der Waals surface area contributed by atoms with Gasteiger partial charge in [0.05, 0.1) is 18.8 Å². The highest BCUT2D eigenvalue weighted by Crippen LogP contribution is 2.30. The Labute approximate surface area is 225 Å². The van der Waals surface area contributed by atoms with Crippen LogP contribution in [0.2, 0.25) is 0 Å². The lowest BCUT2D eigenvalue weighted by molar-refractivity contribution is -0.178. The normalized spacial score (nSPS) is 21.1. The van der Waals surface area contributed by atoms with E-state index in [0.29, 0.717) is 31.3 Å². The first kappa shape index (κ1) is 30.2. The van der Waals surface area contributed by atoms with Gasteiger partial charge < -0.3 is 35.4 Å². The summed E-state index contributed by atoms with van der Waals surface area (Å²) in [6, 6.07) is -1.86. The molecule has 0 saturated carbocycles. The number of imidazole rings is 1. The SMILES string of the molecule is CC[C@H](C)[C@H](N)C(=O)OC[C@H](OC(=O)[C@@H](N)[C@@H](C)CC)C(=O)OC[C@@H]1CC[C@H](n2cnc3c(=O)[nH]cnc32)O1. The average Bonchev–Trinajstić information content (AvgIpc) is 3.59. The Kier molecular flexibility index (Phi) is 10.5. The zero-order chi connectivity index (χ0) is 28.7. The standard InChI is InChI=1S/C25H38N6O8/c1-5-13(3)18(26)24(34)37-10-16(39-25(35)19(27)14(4)6-2)23(33)36-9-15-7-8-17(38-15)31-12-30-20-21(31)28-11-29-22(20)32/h11-19H,5-10,26-27H2,1-4H3,(H,28,29,32)/t13-,14-,15-,16-,17+,18-,19-/m0/s1. The molecule has 0 aliphatic carbocycles. The molecule has 14 nitrogen and oxygen atoms in total. The lowest BCUT2D eigenvalue weighted by atomic mass is 10.0. The molecule has 1 fully saturated rings. The first-order valence-electron chi connectivity index (χ1n) is 13.2. The van der Waals surface area contributed by atoms with E-state index >= 15 is 0 Å². The number of hydrogen-bond acceptors (Lipinski definition) is 12. The van der Waals surface area contributed by atoms with Gasteiger partial charge >= 0.3 is 17.9 Å². The Hall–Kier alpha value is -3.36. The summed E-state index contributed by atoms with van der Waals surface area (Å²) in [7, 11) is 0. The third-order valence-electron chi connectivity index (χ3n) is 7.13. The zero-order valence-electron chi connectivity index (χ0n) is 22.7. The van der Waals surface area contributed by atoms with Crippen molar-refractivity contribution in [3.05, 3.63) is 23.0 Å². The van der Waals surface area contributed by atoms with Crippen molar-refractivity contribution in [1.82, 2.24) is 19.5 Å². The van der Waals surface area contributed by atoms with Crippen LogP contribution in [0.1, 0.15) is 59.6 Å². The first-order chi connectivity index (χ1) is 18.6. The van der Waals surface area contributed by atoms with Crippen molar-refractivity contribution >= 4 is 29.1 Å².